The Hall–Kier alpha value is -2.14. The van der Waals surface area contributed by atoms with Gasteiger partial charge in [0, 0.05) is 18.3 Å². The number of hydrogen-bond acceptors (Lipinski definition) is 4. The van der Waals surface area contributed by atoms with Gasteiger partial charge in [0.2, 0.25) is 5.88 Å². The number of non-ortho nitro benzene ring substituents is 1. The SMILES string of the molecule is Cc1ccc([N+](=O)[O-])cc1Oc1ccc(Cl)cn1. The molecule has 1 aromatic heterocycles. The van der Waals surface area contributed by atoms with Crippen LogP contribution >= 0.6 is 11.6 Å². The van der Waals surface area contributed by atoms with Crippen molar-refractivity contribution >= 4 is 17.3 Å². The Morgan fingerprint density at radius 2 is 2.11 bits per heavy atom. The fourth-order valence-electron chi connectivity index (χ4n) is 1.35. The highest BCUT2D eigenvalue weighted by Gasteiger charge is 2.10. The van der Waals surface area contributed by atoms with E-state index in [2.05, 4.69) is 4.98 Å². The molecule has 6 heteroatoms. The first kappa shape index (κ1) is 12.3. The zero-order valence-electron chi connectivity index (χ0n) is 9.46. The number of hydrogen-bond donors (Lipinski definition) is 0. The van der Waals surface area contributed by atoms with Crippen LogP contribution < -0.4 is 4.74 Å². The largest absolute Gasteiger partial charge is 0.439 e. The Kier molecular flexibility index (Phi) is 3.43. The maximum atomic E-state index is 10.7. The van der Waals surface area contributed by atoms with E-state index in [1.165, 1.54) is 18.3 Å². The van der Waals surface area contributed by atoms with Crippen LogP contribution in [0.25, 0.3) is 0 Å². The first-order valence-corrected chi connectivity index (χ1v) is 5.48. The van der Waals surface area contributed by atoms with Gasteiger partial charge >= 0.3 is 0 Å². The fourth-order valence-corrected chi connectivity index (χ4v) is 1.46. The number of pyridine rings is 1. The van der Waals surface area contributed by atoms with Gasteiger partial charge < -0.3 is 4.74 Å². The minimum Gasteiger partial charge on any atom is -0.439 e. The van der Waals surface area contributed by atoms with Gasteiger partial charge in [0.15, 0.2) is 0 Å². The van der Waals surface area contributed by atoms with E-state index in [4.69, 9.17) is 16.3 Å². The van der Waals surface area contributed by atoms with Gasteiger partial charge in [0.05, 0.1) is 16.0 Å². The van der Waals surface area contributed by atoms with Gasteiger partial charge in [-0.05, 0) is 24.6 Å². The van der Waals surface area contributed by atoms with Crippen molar-refractivity contribution in [3.63, 3.8) is 0 Å². The molecule has 0 amide bonds. The zero-order valence-corrected chi connectivity index (χ0v) is 10.2. The highest BCUT2D eigenvalue weighted by molar-refractivity contribution is 6.30. The number of nitrogens with zero attached hydrogens (tertiary/aromatic N) is 2. The summed E-state index contributed by atoms with van der Waals surface area (Å²) in [6.07, 6.45) is 1.45. The summed E-state index contributed by atoms with van der Waals surface area (Å²) in [6, 6.07) is 7.66. The lowest BCUT2D eigenvalue weighted by Crippen LogP contribution is -1.93. The van der Waals surface area contributed by atoms with Crippen molar-refractivity contribution in [2.45, 2.75) is 6.92 Å². The Labute approximate surface area is 108 Å². The lowest BCUT2D eigenvalue weighted by Gasteiger charge is -2.07. The second-order valence-electron chi connectivity index (χ2n) is 3.62. The molecule has 0 saturated carbocycles. The number of halogens is 1. The van der Waals surface area contributed by atoms with Gasteiger partial charge in [-0.1, -0.05) is 11.6 Å². The molecule has 0 unspecified atom stereocenters. The fraction of sp³-hybridized carbons (Fsp3) is 0.0833. The van der Waals surface area contributed by atoms with Crippen molar-refractivity contribution in [2.75, 3.05) is 0 Å². The number of nitro benzene ring substituents is 1. The molecule has 18 heavy (non-hydrogen) atoms. The van der Waals surface area contributed by atoms with Crippen LogP contribution in [0, 0.1) is 17.0 Å². The third-order valence-corrected chi connectivity index (χ3v) is 2.52. The molecule has 0 spiro atoms. The van der Waals surface area contributed by atoms with Crippen molar-refractivity contribution < 1.29 is 9.66 Å². The molecule has 0 bridgehead atoms. The Morgan fingerprint density at radius 3 is 2.72 bits per heavy atom. The number of aryl methyl sites for hydroxylation is 1. The monoisotopic (exact) mass is 264 g/mol. The van der Waals surface area contributed by atoms with E-state index in [-0.39, 0.29) is 5.69 Å². The molecule has 0 radical (unpaired) electrons. The first-order valence-electron chi connectivity index (χ1n) is 5.11. The average Bonchev–Trinajstić information content (AvgIpc) is 2.34. The molecule has 0 saturated heterocycles. The molecule has 0 aliphatic rings. The summed E-state index contributed by atoms with van der Waals surface area (Å²) in [5, 5.41) is 11.2. The summed E-state index contributed by atoms with van der Waals surface area (Å²) in [4.78, 5) is 14.2. The van der Waals surface area contributed by atoms with Crippen LogP contribution in [0.4, 0.5) is 5.69 Å². The minimum atomic E-state index is -0.471. The molecule has 0 atom stereocenters. The molecule has 0 N–H and O–H groups in total. The van der Waals surface area contributed by atoms with Crippen molar-refractivity contribution in [1.29, 1.82) is 0 Å². The van der Waals surface area contributed by atoms with E-state index >= 15 is 0 Å². The molecule has 0 aliphatic carbocycles. The highest BCUT2D eigenvalue weighted by atomic mass is 35.5. The molecule has 5 nitrogen and oxygen atoms in total. The van der Waals surface area contributed by atoms with Crippen molar-refractivity contribution in [1.82, 2.24) is 4.98 Å². The predicted molar refractivity (Wildman–Crippen MR) is 67.2 cm³/mol. The van der Waals surface area contributed by atoms with Crippen molar-refractivity contribution in [3.8, 4) is 11.6 Å². The van der Waals surface area contributed by atoms with Gasteiger partial charge in [0.1, 0.15) is 5.75 Å². The number of aromatic nitrogens is 1. The summed E-state index contributed by atoms with van der Waals surface area (Å²) < 4.78 is 5.48. The molecule has 92 valence electrons. The lowest BCUT2D eigenvalue weighted by molar-refractivity contribution is -0.384. The third kappa shape index (κ3) is 2.75. The molecule has 0 aliphatic heterocycles. The van der Waals surface area contributed by atoms with Gasteiger partial charge in [-0.15, -0.1) is 0 Å². The van der Waals surface area contributed by atoms with Crippen LogP contribution in [-0.4, -0.2) is 9.91 Å². The quantitative estimate of drug-likeness (QED) is 0.626. The van der Waals surface area contributed by atoms with Crippen LogP contribution in [-0.2, 0) is 0 Å². The molecule has 1 aromatic carbocycles. The van der Waals surface area contributed by atoms with E-state index < -0.39 is 4.92 Å². The maximum Gasteiger partial charge on any atom is 0.273 e. The summed E-state index contributed by atoms with van der Waals surface area (Å²) in [5.41, 5.74) is 0.766. The van der Waals surface area contributed by atoms with Crippen molar-refractivity contribution in [2.24, 2.45) is 0 Å². The number of ether oxygens (including phenoxy) is 1. The van der Waals surface area contributed by atoms with E-state index in [0.717, 1.165) is 5.56 Å². The van der Waals surface area contributed by atoms with Crippen LogP contribution in [0.15, 0.2) is 36.5 Å². The Bertz CT molecular complexity index is 584. The summed E-state index contributed by atoms with van der Waals surface area (Å²) in [5.74, 6) is 0.738. The second kappa shape index (κ2) is 5.01. The van der Waals surface area contributed by atoms with E-state index in [0.29, 0.717) is 16.7 Å². The van der Waals surface area contributed by atoms with Gasteiger partial charge in [-0.25, -0.2) is 4.98 Å². The number of rotatable bonds is 3. The van der Waals surface area contributed by atoms with E-state index in [9.17, 15) is 10.1 Å². The predicted octanol–water partition coefficient (Wildman–Crippen LogP) is 3.74. The van der Waals surface area contributed by atoms with Crippen LogP contribution in [0.1, 0.15) is 5.56 Å². The first-order chi connectivity index (χ1) is 8.56. The van der Waals surface area contributed by atoms with Crippen LogP contribution in [0.3, 0.4) is 0 Å². The van der Waals surface area contributed by atoms with Crippen LogP contribution in [0.2, 0.25) is 5.02 Å². The summed E-state index contributed by atoms with van der Waals surface area (Å²) in [6.45, 7) is 1.80. The molecular formula is C12H9ClN2O3. The smallest absolute Gasteiger partial charge is 0.273 e. The Morgan fingerprint density at radius 1 is 1.33 bits per heavy atom. The molecule has 2 rings (SSSR count). The van der Waals surface area contributed by atoms with E-state index in [1.807, 2.05) is 0 Å². The lowest BCUT2D eigenvalue weighted by atomic mass is 10.2. The van der Waals surface area contributed by atoms with Crippen LogP contribution in [0.5, 0.6) is 11.6 Å². The second-order valence-corrected chi connectivity index (χ2v) is 4.06. The average molecular weight is 265 g/mol. The molecule has 1 heterocycles. The molecule has 2 aromatic rings. The van der Waals surface area contributed by atoms with Crippen molar-refractivity contribution in [3.05, 3.63) is 57.2 Å². The van der Waals surface area contributed by atoms with Gasteiger partial charge in [0.25, 0.3) is 5.69 Å². The zero-order chi connectivity index (χ0) is 13.1. The minimum absolute atomic E-state index is 0.0236. The van der Waals surface area contributed by atoms with E-state index in [1.54, 1.807) is 25.1 Å². The summed E-state index contributed by atoms with van der Waals surface area (Å²) in [7, 11) is 0. The van der Waals surface area contributed by atoms with Gasteiger partial charge in [-0.3, -0.25) is 10.1 Å². The number of nitro groups is 1. The van der Waals surface area contributed by atoms with Gasteiger partial charge in [-0.2, -0.15) is 0 Å². The Balaban J connectivity index is 2.30. The summed E-state index contributed by atoms with van der Waals surface area (Å²) >= 11 is 5.71. The molecular weight excluding hydrogens is 256 g/mol. The topological polar surface area (TPSA) is 65.3 Å². The normalized spacial score (nSPS) is 10.1. The maximum absolute atomic E-state index is 10.7. The third-order valence-electron chi connectivity index (χ3n) is 2.30. The standard InChI is InChI=1S/C12H9ClN2O3/c1-8-2-4-10(15(16)17)6-11(8)18-12-5-3-9(13)7-14-12/h2-7H,1H3. The molecule has 0 fully saturated rings. The highest BCUT2D eigenvalue weighted by Crippen LogP contribution is 2.28. The number of benzene rings is 1.